The van der Waals surface area contributed by atoms with Gasteiger partial charge in [-0.15, -0.1) is 0 Å². The zero-order valence-electron chi connectivity index (χ0n) is 17.0. The van der Waals surface area contributed by atoms with Crippen LogP contribution in [-0.4, -0.2) is 43.4 Å². The van der Waals surface area contributed by atoms with Crippen molar-refractivity contribution in [3.8, 4) is 0 Å². The van der Waals surface area contributed by atoms with Gasteiger partial charge >= 0.3 is 0 Å². The van der Waals surface area contributed by atoms with E-state index < -0.39 is 0 Å². The molecule has 1 fully saturated rings. The molecule has 0 radical (unpaired) electrons. The van der Waals surface area contributed by atoms with Gasteiger partial charge < -0.3 is 5.32 Å². The molecule has 4 aromatic rings. The van der Waals surface area contributed by atoms with Gasteiger partial charge in [-0.25, -0.2) is 10.1 Å². The minimum absolute atomic E-state index is 0.0694. The van der Waals surface area contributed by atoms with Gasteiger partial charge in [0, 0.05) is 24.5 Å². The number of likely N-dealkylation sites (tertiary alicyclic amines) is 1. The van der Waals surface area contributed by atoms with Gasteiger partial charge in [-0.05, 0) is 42.3 Å². The fourth-order valence-electron chi connectivity index (χ4n) is 4.78. The average molecular weight is 413 g/mol. The first-order chi connectivity index (χ1) is 15.3. The third kappa shape index (κ3) is 3.15. The lowest BCUT2D eigenvalue weighted by Gasteiger charge is -2.31. The lowest BCUT2D eigenvalue weighted by molar-refractivity contribution is 0.172. The Kier molecular flexibility index (Phi) is 4.40. The summed E-state index contributed by atoms with van der Waals surface area (Å²) in [7, 11) is 0. The van der Waals surface area contributed by atoms with Gasteiger partial charge in [0.15, 0.2) is 0 Å². The van der Waals surface area contributed by atoms with Gasteiger partial charge in [0.2, 0.25) is 0 Å². The molecule has 2 aromatic carbocycles. The highest BCUT2D eigenvalue weighted by molar-refractivity contribution is 5.88. The topological polar surface area (TPSA) is 103 Å². The first kappa shape index (κ1) is 18.4. The van der Waals surface area contributed by atoms with Crippen LogP contribution in [0.2, 0.25) is 0 Å². The summed E-state index contributed by atoms with van der Waals surface area (Å²) in [5, 5.41) is 19.6. The van der Waals surface area contributed by atoms with E-state index in [0.29, 0.717) is 11.9 Å². The van der Waals surface area contributed by atoms with Gasteiger partial charge in [-0.3, -0.25) is 14.8 Å². The zero-order chi connectivity index (χ0) is 20.8. The Morgan fingerprint density at radius 1 is 1.06 bits per heavy atom. The van der Waals surface area contributed by atoms with E-state index in [1.54, 1.807) is 0 Å². The van der Waals surface area contributed by atoms with Crippen LogP contribution >= 0.6 is 0 Å². The fraction of sp³-hybridized carbons (Fsp3) is 0.304. The molecule has 2 atom stereocenters. The van der Waals surface area contributed by atoms with Crippen LogP contribution in [0.1, 0.15) is 46.6 Å². The zero-order valence-corrected chi connectivity index (χ0v) is 17.0. The predicted molar refractivity (Wildman–Crippen MR) is 117 cm³/mol. The summed E-state index contributed by atoms with van der Waals surface area (Å²) >= 11 is 0. The van der Waals surface area contributed by atoms with Crippen LogP contribution in [0.25, 0.3) is 10.8 Å². The van der Waals surface area contributed by atoms with E-state index in [1.165, 1.54) is 31.4 Å². The van der Waals surface area contributed by atoms with Crippen LogP contribution in [0.3, 0.4) is 0 Å². The molecule has 0 saturated carbocycles. The van der Waals surface area contributed by atoms with Crippen LogP contribution in [-0.2, 0) is 13.1 Å². The van der Waals surface area contributed by atoms with Gasteiger partial charge in [0.25, 0.3) is 5.56 Å². The molecule has 2 aliphatic rings. The van der Waals surface area contributed by atoms with Crippen molar-refractivity contribution >= 4 is 10.8 Å². The van der Waals surface area contributed by atoms with E-state index in [-0.39, 0.29) is 17.5 Å². The molecule has 4 heterocycles. The van der Waals surface area contributed by atoms with Crippen LogP contribution < -0.4 is 10.9 Å². The molecule has 1 saturated heterocycles. The summed E-state index contributed by atoms with van der Waals surface area (Å²) in [6.07, 6.45) is 2.81. The summed E-state index contributed by atoms with van der Waals surface area (Å²) in [6.45, 7) is 4.01. The average Bonchev–Trinajstić information content (AvgIpc) is 3.24. The molecular weight excluding hydrogens is 390 g/mol. The van der Waals surface area contributed by atoms with Crippen molar-refractivity contribution in [2.75, 3.05) is 13.1 Å². The maximum atomic E-state index is 12.5. The van der Waals surface area contributed by atoms with Crippen molar-refractivity contribution in [1.82, 2.24) is 35.6 Å². The fourth-order valence-corrected chi connectivity index (χ4v) is 4.78. The number of benzene rings is 2. The van der Waals surface area contributed by atoms with Crippen LogP contribution in [0.5, 0.6) is 0 Å². The van der Waals surface area contributed by atoms with Crippen LogP contribution in [0.4, 0.5) is 0 Å². The predicted octanol–water partition coefficient (Wildman–Crippen LogP) is 2.22. The number of aromatic nitrogens is 5. The van der Waals surface area contributed by atoms with Crippen molar-refractivity contribution in [1.29, 1.82) is 0 Å². The lowest BCUT2D eigenvalue weighted by atomic mass is 9.87. The second-order valence-electron chi connectivity index (χ2n) is 8.36. The first-order valence-corrected chi connectivity index (χ1v) is 10.7. The first-order valence-electron chi connectivity index (χ1n) is 10.7. The number of hydrogen-bond acceptors (Lipinski definition) is 6. The standard InChI is InChI=1S/C23H23N7O/c31-23-17-4-1-3-16-11-24-20(15-7-5-14(6-8-15)12-30-9-2-10-30)19(22-25-13-26-28-22)21(18(16)17)27-29-23/h1,3-8,13,19-20,24H,2,9-12H2,(H,29,31)(H,25,26,28). The number of aromatic amines is 2. The Morgan fingerprint density at radius 2 is 1.94 bits per heavy atom. The summed E-state index contributed by atoms with van der Waals surface area (Å²) < 4.78 is 0. The maximum Gasteiger partial charge on any atom is 0.272 e. The SMILES string of the molecule is O=c1[nH]nc2c3c(cccc13)CNC(c1ccc(CN3CCC3)cc1)C2c1ncn[nH]1. The highest BCUT2D eigenvalue weighted by atomic mass is 16.1. The summed E-state index contributed by atoms with van der Waals surface area (Å²) in [4.78, 5) is 19.4. The molecular formula is C23H23N7O. The quantitative estimate of drug-likeness (QED) is 0.474. The molecule has 0 spiro atoms. The molecule has 0 bridgehead atoms. The minimum atomic E-state index is -0.216. The van der Waals surface area contributed by atoms with Crippen molar-refractivity contribution in [2.45, 2.75) is 31.5 Å². The van der Waals surface area contributed by atoms with E-state index in [2.05, 4.69) is 65.9 Å². The monoisotopic (exact) mass is 413 g/mol. The molecule has 6 rings (SSSR count). The Bertz CT molecular complexity index is 1280. The maximum absolute atomic E-state index is 12.5. The molecule has 2 unspecified atom stereocenters. The molecule has 3 N–H and O–H groups in total. The summed E-state index contributed by atoms with van der Waals surface area (Å²) in [6, 6.07) is 14.6. The third-order valence-corrected chi connectivity index (χ3v) is 6.49. The van der Waals surface area contributed by atoms with Gasteiger partial charge in [-0.1, -0.05) is 36.4 Å². The highest BCUT2D eigenvalue weighted by Crippen LogP contribution is 2.40. The van der Waals surface area contributed by atoms with Crippen molar-refractivity contribution in [2.24, 2.45) is 0 Å². The molecule has 2 aliphatic heterocycles. The normalized spacial score (nSPS) is 21.0. The molecule has 8 nitrogen and oxygen atoms in total. The molecule has 2 aromatic heterocycles. The van der Waals surface area contributed by atoms with Crippen molar-refractivity contribution in [3.05, 3.63) is 87.4 Å². The largest absolute Gasteiger partial charge is 0.305 e. The smallest absolute Gasteiger partial charge is 0.272 e. The van der Waals surface area contributed by atoms with E-state index in [0.717, 1.165) is 34.6 Å². The summed E-state index contributed by atoms with van der Waals surface area (Å²) in [5.41, 5.74) is 4.17. The van der Waals surface area contributed by atoms with E-state index in [9.17, 15) is 4.79 Å². The van der Waals surface area contributed by atoms with Crippen molar-refractivity contribution in [3.63, 3.8) is 0 Å². The number of rotatable bonds is 4. The number of H-pyrrole nitrogens is 2. The molecule has 0 aliphatic carbocycles. The molecule has 156 valence electrons. The van der Waals surface area contributed by atoms with Crippen molar-refractivity contribution < 1.29 is 0 Å². The van der Waals surface area contributed by atoms with Crippen LogP contribution in [0, 0.1) is 0 Å². The van der Waals surface area contributed by atoms with Gasteiger partial charge in [0.05, 0.1) is 17.0 Å². The number of nitrogens with one attached hydrogen (secondary N) is 3. The van der Waals surface area contributed by atoms with E-state index in [1.807, 2.05) is 12.1 Å². The molecule has 8 heteroatoms. The minimum Gasteiger partial charge on any atom is -0.305 e. The summed E-state index contributed by atoms with van der Waals surface area (Å²) in [5.74, 6) is 0.506. The van der Waals surface area contributed by atoms with E-state index in [4.69, 9.17) is 0 Å². The second-order valence-corrected chi connectivity index (χ2v) is 8.36. The Labute approximate surface area is 178 Å². The Hall–Kier alpha value is -3.36. The van der Waals surface area contributed by atoms with Gasteiger partial charge in [-0.2, -0.15) is 10.2 Å². The number of hydrogen-bond donors (Lipinski definition) is 3. The Morgan fingerprint density at radius 3 is 2.68 bits per heavy atom. The number of nitrogens with zero attached hydrogens (tertiary/aromatic N) is 4. The highest BCUT2D eigenvalue weighted by Gasteiger charge is 2.34. The van der Waals surface area contributed by atoms with Gasteiger partial charge in [0.1, 0.15) is 12.2 Å². The third-order valence-electron chi connectivity index (χ3n) is 6.49. The second kappa shape index (κ2) is 7.40. The van der Waals surface area contributed by atoms with E-state index >= 15 is 0 Å². The van der Waals surface area contributed by atoms with Crippen LogP contribution in [0.15, 0.2) is 53.6 Å². The molecule has 0 amide bonds. The lowest BCUT2D eigenvalue weighted by Crippen LogP contribution is -2.36. The molecule has 31 heavy (non-hydrogen) atoms. The Balaban J connectivity index is 1.46.